The number of guanidine groups is 1. The van der Waals surface area contributed by atoms with E-state index in [0.717, 1.165) is 32.1 Å². The zero-order valence-corrected chi connectivity index (χ0v) is 18.8. The molecule has 2 fully saturated rings. The van der Waals surface area contributed by atoms with E-state index in [0.29, 0.717) is 24.9 Å². The minimum absolute atomic E-state index is 0. The van der Waals surface area contributed by atoms with E-state index < -0.39 is 0 Å². The molecular weight excluding hydrogens is 454 g/mol. The quantitative estimate of drug-likeness (QED) is 0.285. The first-order chi connectivity index (χ1) is 12.8. The Morgan fingerprint density at radius 2 is 2.04 bits per heavy atom. The SMILES string of the molecule is CCNC(=NCCCF)N1CCC2C(CCCN2Cc2ccccc2)C1.I. The molecule has 27 heavy (non-hydrogen) atoms. The zero-order chi connectivity index (χ0) is 18.2. The Labute approximate surface area is 180 Å². The van der Waals surface area contributed by atoms with Crippen molar-refractivity contribution >= 4 is 29.9 Å². The van der Waals surface area contributed by atoms with Crippen LogP contribution in [0.1, 0.15) is 38.2 Å². The van der Waals surface area contributed by atoms with Crippen molar-refractivity contribution < 1.29 is 4.39 Å². The average Bonchev–Trinajstić information content (AvgIpc) is 2.68. The summed E-state index contributed by atoms with van der Waals surface area (Å²) in [5, 5.41) is 3.40. The standard InChI is InChI=1S/C21H33FN4.HI/c1-2-23-21(24-13-7-12-22)26-15-11-20-19(17-26)10-6-14-25(20)16-18-8-4-3-5-9-18;/h3-5,8-9,19-20H,2,6-7,10-17H2,1H3,(H,23,24);1H. The van der Waals surface area contributed by atoms with Crippen LogP contribution in [-0.2, 0) is 6.54 Å². The van der Waals surface area contributed by atoms with Crippen LogP contribution in [-0.4, -0.2) is 61.2 Å². The number of halogens is 2. The van der Waals surface area contributed by atoms with E-state index in [1.807, 2.05) is 0 Å². The lowest BCUT2D eigenvalue weighted by Gasteiger charge is -2.48. The Balaban J connectivity index is 0.00000261. The van der Waals surface area contributed by atoms with Gasteiger partial charge in [0.25, 0.3) is 0 Å². The van der Waals surface area contributed by atoms with Gasteiger partial charge in [0.05, 0.1) is 6.67 Å². The highest BCUT2D eigenvalue weighted by molar-refractivity contribution is 14.0. The second-order valence-corrected chi connectivity index (χ2v) is 7.44. The molecule has 4 nitrogen and oxygen atoms in total. The predicted octanol–water partition coefficient (Wildman–Crippen LogP) is 3.92. The first-order valence-corrected chi connectivity index (χ1v) is 10.2. The molecular formula is C21H34FIN4. The summed E-state index contributed by atoms with van der Waals surface area (Å²) in [6.07, 6.45) is 4.28. The third-order valence-corrected chi connectivity index (χ3v) is 5.60. The number of fused-ring (bicyclic) bond motifs is 1. The number of nitrogens with zero attached hydrogens (tertiary/aromatic N) is 3. The van der Waals surface area contributed by atoms with Crippen molar-refractivity contribution in [1.29, 1.82) is 0 Å². The van der Waals surface area contributed by atoms with Crippen molar-refractivity contribution in [1.82, 2.24) is 15.1 Å². The van der Waals surface area contributed by atoms with Crippen molar-refractivity contribution in [3.8, 4) is 0 Å². The zero-order valence-electron chi connectivity index (χ0n) is 16.4. The summed E-state index contributed by atoms with van der Waals surface area (Å²) in [5.74, 6) is 1.67. The summed E-state index contributed by atoms with van der Waals surface area (Å²) >= 11 is 0. The molecule has 1 aromatic rings. The van der Waals surface area contributed by atoms with Crippen LogP contribution in [0.3, 0.4) is 0 Å². The van der Waals surface area contributed by atoms with Gasteiger partial charge in [0, 0.05) is 38.8 Å². The summed E-state index contributed by atoms with van der Waals surface area (Å²) in [5.41, 5.74) is 1.41. The van der Waals surface area contributed by atoms with Crippen LogP contribution >= 0.6 is 24.0 Å². The van der Waals surface area contributed by atoms with Gasteiger partial charge in [-0.3, -0.25) is 14.3 Å². The molecule has 3 rings (SSSR count). The minimum atomic E-state index is -0.290. The van der Waals surface area contributed by atoms with Crippen molar-refractivity contribution in [2.45, 2.75) is 45.2 Å². The normalized spacial score (nSPS) is 23.5. The van der Waals surface area contributed by atoms with Crippen LogP contribution in [0.5, 0.6) is 0 Å². The van der Waals surface area contributed by atoms with Gasteiger partial charge in [-0.1, -0.05) is 30.3 Å². The average molecular weight is 488 g/mol. The second-order valence-electron chi connectivity index (χ2n) is 7.44. The number of alkyl halides is 1. The maximum atomic E-state index is 12.4. The fourth-order valence-corrected chi connectivity index (χ4v) is 4.38. The Bertz CT molecular complexity index is 569. The molecule has 2 saturated heterocycles. The summed E-state index contributed by atoms with van der Waals surface area (Å²) < 4.78 is 12.4. The van der Waals surface area contributed by atoms with Gasteiger partial charge in [-0.2, -0.15) is 0 Å². The van der Waals surface area contributed by atoms with Gasteiger partial charge in [-0.05, 0) is 50.6 Å². The van der Waals surface area contributed by atoms with Gasteiger partial charge in [0.15, 0.2) is 5.96 Å². The lowest BCUT2D eigenvalue weighted by molar-refractivity contribution is 0.0372. The van der Waals surface area contributed by atoms with Gasteiger partial charge < -0.3 is 10.2 Å². The molecule has 0 aromatic heterocycles. The number of benzene rings is 1. The maximum Gasteiger partial charge on any atom is 0.193 e. The Morgan fingerprint density at radius 1 is 1.22 bits per heavy atom. The molecule has 0 bridgehead atoms. The number of piperidine rings is 2. The highest BCUT2D eigenvalue weighted by Gasteiger charge is 2.36. The molecule has 2 aliphatic heterocycles. The molecule has 0 radical (unpaired) electrons. The maximum absolute atomic E-state index is 12.4. The molecule has 2 unspecified atom stereocenters. The van der Waals surface area contributed by atoms with E-state index in [1.54, 1.807) is 0 Å². The molecule has 2 atom stereocenters. The first-order valence-electron chi connectivity index (χ1n) is 10.2. The van der Waals surface area contributed by atoms with E-state index in [1.165, 1.54) is 31.4 Å². The fraction of sp³-hybridized carbons (Fsp3) is 0.667. The smallest absolute Gasteiger partial charge is 0.193 e. The monoisotopic (exact) mass is 488 g/mol. The van der Waals surface area contributed by atoms with Crippen molar-refractivity contribution in [2.75, 3.05) is 39.4 Å². The molecule has 2 aliphatic rings. The second kappa shape index (κ2) is 11.8. The highest BCUT2D eigenvalue weighted by atomic mass is 127. The first kappa shape index (κ1) is 22.4. The summed E-state index contributed by atoms with van der Waals surface area (Å²) in [7, 11) is 0. The predicted molar refractivity (Wildman–Crippen MR) is 122 cm³/mol. The third kappa shape index (κ3) is 6.31. The Kier molecular flexibility index (Phi) is 9.82. The van der Waals surface area contributed by atoms with Crippen molar-refractivity contribution in [3.05, 3.63) is 35.9 Å². The number of likely N-dealkylation sites (tertiary alicyclic amines) is 2. The summed E-state index contributed by atoms with van der Waals surface area (Å²) in [6.45, 7) is 7.61. The van der Waals surface area contributed by atoms with E-state index >= 15 is 0 Å². The molecule has 0 saturated carbocycles. The van der Waals surface area contributed by atoms with Crippen molar-refractivity contribution in [2.24, 2.45) is 10.9 Å². The number of nitrogens with one attached hydrogen (secondary N) is 1. The number of hydrogen-bond donors (Lipinski definition) is 1. The van der Waals surface area contributed by atoms with Crippen molar-refractivity contribution in [3.63, 3.8) is 0 Å². The fourth-order valence-electron chi connectivity index (χ4n) is 4.38. The Hall–Kier alpha value is -0.890. The number of hydrogen-bond acceptors (Lipinski definition) is 2. The molecule has 152 valence electrons. The van der Waals surface area contributed by atoms with Gasteiger partial charge >= 0.3 is 0 Å². The minimum Gasteiger partial charge on any atom is -0.357 e. The molecule has 1 N–H and O–H groups in total. The topological polar surface area (TPSA) is 30.9 Å². The van der Waals surface area contributed by atoms with Gasteiger partial charge in [0.1, 0.15) is 0 Å². The highest BCUT2D eigenvalue weighted by Crippen LogP contribution is 2.31. The van der Waals surface area contributed by atoms with Crippen LogP contribution in [0.15, 0.2) is 35.3 Å². The van der Waals surface area contributed by atoms with Crippen LogP contribution in [0.2, 0.25) is 0 Å². The van der Waals surface area contributed by atoms with Crippen LogP contribution < -0.4 is 5.32 Å². The molecule has 0 aliphatic carbocycles. The molecule has 6 heteroatoms. The lowest BCUT2D eigenvalue weighted by Crippen LogP contribution is -2.56. The lowest BCUT2D eigenvalue weighted by atomic mass is 9.83. The van der Waals surface area contributed by atoms with Gasteiger partial charge in [-0.15, -0.1) is 24.0 Å². The van der Waals surface area contributed by atoms with E-state index in [-0.39, 0.29) is 30.7 Å². The summed E-state index contributed by atoms with van der Waals surface area (Å²) in [4.78, 5) is 9.72. The van der Waals surface area contributed by atoms with Crippen LogP contribution in [0.25, 0.3) is 0 Å². The van der Waals surface area contributed by atoms with E-state index in [4.69, 9.17) is 0 Å². The molecule has 2 heterocycles. The van der Waals surface area contributed by atoms with Gasteiger partial charge in [-0.25, -0.2) is 0 Å². The largest absolute Gasteiger partial charge is 0.357 e. The molecule has 0 spiro atoms. The number of rotatable bonds is 6. The number of aliphatic imine (C=N–C) groups is 1. The van der Waals surface area contributed by atoms with Crippen LogP contribution in [0.4, 0.5) is 4.39 Å². The third-order valence-electron chi connectivity index (χ3n) is 5.60. The van der Waals surface area contributed by atoms with E-state index in [2.05, 4.69) is 57.4 Å². The summed E-state index contributed by atoms with van der Waals surface area (Å²) in [6, 6.07) is 11.5. The van der Waals surface area contributed by atoms with Crippen LogP contribution in [0, 0.1) is 5.92 Å². The Morgan fingerprint density at radius 3 is 2.78 bits per heavy atom. The van der Waals surface area contributed by atoms with Gasteiger partial charge in [0.2, 0.25) is 0 Å². The molecule has 0 amide bonds. The van der Waals surface area contributed by atoms with E-state index in [9.17, 15) is 4.39 Å². The molecule has 1 aromatic carbocycles.